The number of hydrogen-bond donors (Lipinski definition) is 1. The van der Waals surface area contributed by atoms with Crippen molar-refractivity contribution in [2.75, 3.05) is 33.4 Å². The Balaban J connectivity index is 1.89. The van der Waals surface area contributed by atoms with Gasteiger partial charge in [0, 0.05) is 43.0 Å². The van der Waals surface area contributed by atoms with Crippen molar-refractivity contribution in [1.82, 2.24) is 5.32 Å². The molecule has 0 bridgehead atoms. The largest absolute Gasteiger partial charge is 0.383 e. The van der Waals surface area contributed by atoms with E-state index in [0.29, 0.717) is 5.92 Å². The topological polar surface area (TPSA) is 30.5 Å². The molecular weight excluding hydrogens is 270 g/mol. The van der Waals surface area contributed by atoms with E-state index in [-0.39, 0.29) is 6.10 Å². The van der Waals surface area contributed by atoms with Gasteiger partial charge in [0.15, 0.2) is 0 Å². The summed E-state index contributed by atoms with van der Waals surface area (Å²) >= 11 is 7.69. The van der Waals surface area contributed by atoms with Gasteiger partial charge in [0.1, 0.15) is 0 Å². The number of hydrogen-bond acceptors (Lipinski definition) is 4. The van der Waals surface area contributed by atoms with Crippen LogP contribution in [0.15, 0.2) is 11.4 Å². The summed E-state index contributed by atoms with van der Waals surface area (Å²) in [6.07, 6.45) is 2.55. The molecule has 0 amide bonds. The van der Waals surface area contributed by atoms with Crippen molar-refractivity contribution in [2.24, 2.45) is 5.92 Å². The molecule has 1 saturated heterocycles. The lowest BCUT2D eigenvalue weighted by atomic mass is 9.93. The van der Waals surface area contributed by atoms with Crippen molar-refractivity contribution in [2.45, 2.75) is 18.9 Å². The minimum atomic E-state index is 0.200. The van der Waals surface area contributed by atoms with E-state index in [1.54, 1.807) is 18.4 Å². The second-order valence-corrected chi connectivity index (χ2v) is 5.94. The van der Waals surface area contributed by atoms with Gasteiger partial charge in [-0.3, -0.25) is 0 Å². The van der Waals surface area contributed by atoms with Crippen molar-refractivity contribution in [3.63, 3.8) is 0 Å². The molecule has 0 aromatic carbocycles. The molecule has 0 spiro atoms. The molecule has 1 aromatic heterocycles. The van der Waals surface area contributed by atoms with Gasteiger partial charge >= 0.3 is 0 Å². The van der Waals surface area contributed by atoms with Gasteiger partial charge in [-0.25, -0.2) is 0 Å². The van der Waals surface area contributed by atoms with Crippen LogP contribution in [0.1, 0.15) is 23.8 Å². The van der Waals surface area contributed by atoms with Crippen LogP contribution >= 0.6 is 22.9 Å². The number of ether oxygens (including phenoxy) is 2. The highest BCUT2D eigenvalue weighted by molar-refractivity contribution is 7.10. The Kier molecular flexibility index (Phi) is 5.92. The van der Waals surface area contributed by atoms with Gasteiger partial charge in [0.05, 0.1) is 17.7 Å². The summed E-state index contributed by atoms with van der Waals surface area (Å²) in [7, 11) is 1.72. The first-order chi connectivity index (χ1) is 8.81. The van der Waals surface area contributed by atoms with Crippen LogP contribution in [0.25, 0.3) is 0 Å². The van der Waals surface area contributed by atoms with E-state index in [0.717, 1.165) is 37.7 Å². The summed E-state index contributed by atoms with van der Waals surface area (Å²) in [4.78, 5) is 1.25. The van der Waals surface area contributed by atoms with Crippen LogP contribution in [0.3, 0.4) is 0 Å². The first kappa shape index (κ1) is 14.3. The summed E-state index contributed by atoms with van der Waals surface area (Å²) < 4.78 is 11.0. The standard InChI is InChI=1S/C13H20ClNO2S/c1-16-6-4-15-8-10-3-2-5-17-13(10)12-7-11(14)9-18-12/h7,9-10,13,15H,2-6,8H2,1H3. The third kappa shape index (κ3) is 3.93. The molecule has 0 saturated carbocycles. The highest BCUT2D eigenvalue weighted by atomic mass is 35.5. The van der Waals surface area contributed by atoms with E-state index in [1.807, 2.05) is 11.4 Å². The quantitative estimate of drug-likeness (QED) is 0.816. The lowest BCUT2D eigenvalue weighted by Gasteiger charge is -2.31. The average molecular weight is 290 g/mol. The second kappa shape index (κ2) is 7.46. The molecule has 1 N–H and O–H groups in total. The van der Waals surface area contributed by atoms with Crippen LogP contribution in [0.2, 0.25) is 5.02 Å². The Hall–Kier alpha value is -0.130. The molecule has 5 heteroatoms. The third-order valence-corrected chi connectivity index (χ3v) is 4.54. The van der Waals surface area contributed by atoms with Crippen LogP contribution in [0, 0.1) is 5.92 Å². The molecule has 2 unspecified atom stereocenters. The van der Waals surface area contributed by atoms with E-state index in [1.165, 1.54) is 11.3 Å². The molecule has 2 atom stereocenters. The maximum Gasteiger partial charge on any atom is 0.0957 e. The summed E-state index contributed by atoms with van der Waals surface area (Å²) in [6, 6.07) is 2.03. The number of rotatable bonds is 6. The van der Waals surface area contributed by atoms with Crippen molar-refractivity contribution >= 4 is 22.9 Å². The highest BCUT2D eigenvalue weighted by Crippen LogP contribution is 2.37. The molecule has 3 nitrogen and oxygen atoms in total. The monoisotopic (exact) mass is 289 g/mol. The van der Waals surface area contributed by atoms with Crippen molar-refractivity contribution < 1.29 is 9.47 Å². The fourth-order valence-corrected chi connectivity index (χ4v) is 3.53. The van der Waals surface area contributed by atoms with Gasteiger partial charge < -0.3 is 14.8 Å². The molecule has 1 aliphatic heterocycles. The van der Waals surface area contributed by atoms with Gasteiger partial charge in [0.25, 0.3) is 0 Å². The number of nitrogens with one attached hydrogen (secondary N) is 1. The van der Waals surface area contributed by atoms with Crippen LogP contribution in [0.4, 0.5) is 0 Å². The van der Waals surface area contributed by atoms with E-state index in [2.05, 4.69) is 5.32 Å². The van der Waals surface area contributed by atoms with Gasteiger partial charge in [-0.1, -0.05) is 11.6 Å². The van der Waals surface area contributed by atoms with Crippen LogP contribution in [-0.4, -0.2) is 33.4 Å². The van der Waals surface area contributed by atoms with Crippen LogP contribution in [0.5, 0.6) is 0 Å². The number of thiophene rings is 1. The summed E-state index contributed by atoms with van der Waals surface area (Å²) in [5.74, 6) is 0.533. The maximum atomic E-state index is 6.00. The highest BCUT2D eigenvalue weighted by Gasteiger charge is 2.28. The molecular formula is C13H20ClNO2S. The predicted octanol–water partition coefficient (Wildman–Crippen LogP) is 3.11. The summed E-state index contributed by atoms with van der Waals surface area (Å²) in [5.41, 5.74) is 0. The van der Waals surface area contributed by atoms with Crippen molar-refractivity contribution in [1.29, 1.82) is 0 Å². The fourth-order valence-electron chi connectivity index (χ4n) is 2.31. The zero-order valence-electron chi connectivity index (χ0n) is 10.7. The average Bonchev–Trinajstić information content (AvgIpc) is 2.82. The van der Waals surface area contributed by atoms with Crippen LogP contribution < -0.4 is 5.32 Å². The normalized spacial score (nSPS) is 24.3. The maximum absolute atomic E-state index is 6.00. The molecule has 0 aliphatic carbocycles. The van der Waals surface area contributed by atoms with E-state index >= 15 is 0 Å². The predicted molar refractivity (Wildman–Crippen MR) is 75.5 cm³/mol. The number of methoxy groups -OCH3 is 1. The minimum Gasteiger partial charge on any atom is -0.383 e. The van der Waals surface area contributed by atoms with Gasteiger partial charge in [-0.15, -0.1) is 11.3 Å². The van der Waals surface area contributed by atoms with E-state index in [4.69, 9.17) is 21.1 Å². The number of halogens is 1. The second-order valence-electron chi connectivity index (χ2n) is 4.56. The smallest absolute Gasteiger partial charge is 0.0957 e. The SMILES string of the molecule is COCCNCC1CCCOC1c1cc(Cl)cs1. The molecule has 1 aliphatic rings. The summed E-state index contributed by atoms with van der Waals surface area (Å²) in [5, 5.41) is 6.22. The Morgan fingerprint density at radius 1 is 1.61 bits per heavy atom. The van der Waals surface area contributed by atoms with Gasteiger partial charge in [-0.05, 0) is 18.9 Å². The first-order valence-corrected chi connectivity index (χ1v) is 7.62. The zero-order chi connectivity index (χ0) is 12.8. The Morgan fingerprint density at radius 2 is 2.50 bits per heavy atom. The fraction of sp³-hybridized carbons (Fsp3) is 0.692. The Bertz CT molecular complexity index is 359. The van der Waals surface area contributed by atoms with E-state index < -0.39 is 0 Å². The van der Waals surface area contributed by atoms with Crippen molar-refractivity contribution in [3.05, 3.63) is 21.3 Å². The molecule has 0 radical (unpaired) electrons. The molecule has 2 heterocycles. The lowest BCUT2D eigenvalue weighted by molar-refractivity contribution is -0.0258. The summed E-state index contributed by atoms with van der Waals surface area (Å²) in [6.45, 7) is 3.48. The molecule has 1 fully saturated rings. The molecule has 102 valence electrons. The lowest BCUT2D eigenvalue weighted by Crippen LogP contribution is -2.33. The van der Waals surface area contributed by atoms with Gasteiger partial charge in [-0.2, -0.15) is 0 Å². The molecule has 1 aromatic rings. The van der Waals surface area contributed by atoms with Gasteiger partial charge in [0.2, 0.25) is 0 Å². The Labute approximate surface area is 117 Å². The zero-order valence-corrected chi connectivity index (χ0v) is 12.2. The molecule has 18 heavy (non-hydrogen) atoms. The third-order valence-electron chi connectivity index (χ3n) is 3.20. The molecule has 2 rings (SSSR count). The van der Waals surface area contributed by atoms with Crippen molar-refractivity contribution in [3.8, 4) is 0 Å². The Morgan fingerprint density at radius 3 is 3.22 bits per heavy atom. The first-order valence-electron chi connectivity index (χ1n) is 6.36. The van der Waals surface area contributed by atoms with E-state index in [9.17, 15) is 0 Å². The van der Waals surface area contributed by atoms with Crippen LogP contribution in [-0.2, 0) is 9.47 Å². The minimum absolute atomic E-state index is 0.200.